The van der Waals surface area contributed by atoms with Crippen LogP contribution >= 0.6 is 0 Å². The lowest BCUT2D eigenvalue weighted by molar-refractivity contribution is -0.136. The number of pyridine rings is 1. The van der Waals surface area contributed by atoms with Gasteiger partial charge in [0.2, 0.25) is 11.8 Å². The van der Waals surface area contributed by atoms with E-state index in [1.165, 1.54) is 19.3 Å². The molecule has 1 N–H and O–H groups in total. The second kappa shape index (κ2) is 8.28. The Morgan fingerprint density at radius 1 is 1.00 bits per heavy atom. The first-order chi connectivity index (χ1) is 13.2. The third kappa shape index (κ3) is 4.60. The number of hydrogen-bond acceptors (Lipinski definition) is 4. The van der Waals surface area contributed by atoms with Gasteiger partial charge in [0.05, 0.1) is 5.92 Å². The van der Waals surface area contributed by atoms with Crippen molar-refractivity contribution in [3.05, 3.63) is 23.9 Å². The minimum absolute atomic E-state index is 0.0587. The lowest BCUT2D eigenvalue weighted by Gasteiger charge is -2.32. The fraction of sp³-hybridized carbons (Fsp3) is 0.667. The number of likely N-dealkylation sites (tertiary alicyclic amines) is 1. The Kier molecular flexibility index (Phi) is 5.60. The van der Waals surface area contributed by atoms with E-state index in [1.807, 2.05) is 11.1 Å². The summed E-state index contributed by atoms with van der Waals surface area (Å²) in [6.07, 6.45) is 9.48. The van der Waals surface area contributed by atoms with Crippen molar-refractivity contribution in [3.8, 4) is 0 Å². The summed E-state index contributed by atoms with van der Waals surface area (Å²) in [6, 6.07) is 4.12. The fourth-order valence-electron chi connectivity index (χ4n) is 4.14. The van der Waals surface area contributed by atoms with Crippen molar-refractivity contribution in [1.82, 2.24) is 15.2 Å². The van der Waals surface area contributed by atoms with Crippen LogP contribution < -0.4 is 10.2 Å². The van der Waals surface area contributed by atoms with Gasteiger partial charge in [0.15, 0.2) is 0 Å². The topological polar surface area (TPSA) is 65.5 Å². The van der Waals surface area contributed by atoms with Crippen LogP contribution in [0, 0.1) is 11.8 Å². The minimum atomic E-state index is -0.0815. The van der Waals surface area contributed by atoms with Crippen LogP contribution in [0.3, 0.4) is 0 Å². The number of hydrogen-bond donors (Lipinski definition) is 1. The molecule has 2 saturated heterocycles. The van der Waals surface area contributed by atoms with Crippen molar-refractivity contribution < 1.29 is 9.59 Å². The highest BCUT2D eigenvalue weighted by Crippen LogP contribution is 2.32. The van der Waals surface area contributed by atoms with Gasteiger partial charge in [-0.15, -0.1) is 0 Å². The van der Waals surface area contributed by atoms with E-state index in [4.69, 9.17) is 0 Å². The summed E-state index contributed by atoms with van der Waals surface area (Å²) < 4.78 is 0. The number of anilines is 1. The Hall–Kier alpha value is -2.11. The Balaban J connectivity index is 1.26. The normalized spacial score (nSPS) is 23.2. The number of rotatable bonds is 5. The Morgan fingerprint density at radius 3 is 2.52 bits per heavy atom. The standard InChI is InChI=1S/C21H30N4O2/c26-20(18-5-4-12-25(15-18)21(27)17-7-8-17)23-14-16-6-9-19(22-13-16)24-10-2-1-3-11-24/h6,9,13,17-18H,1-5,7-8,10-12,14-15H2,(H,23,26)/t18-/m1/s1. The number of nitrogens with zero attached hydrogens (tertiary/aromatic N) is 3. The van der Waals surface area contributed by atoms with Crippen molar-refractivity contribution in [2.24, 2.45) is 11.8 Å². The lowest BCUT2D eigenvalue weighted by atomic mass is 9.96. The maximum atomic E-state index is 12.6. The van der Waals surface area contributed by atoms with Crippen molar-refractivity contribution in [2.75, 3.05) is 31.1 Å². The van der Waals surface area contributed by atoms with E-state index in [0.717, 1.165) is 56.7 Å². The molecule has 2 aliphatic heterocycles. The average Bonchev–Trinajstić information content (AvgIpc) is 3.58. The van der Waals surface area contributed by atoms with Crippen LogP contribution in [0.2, 0.25) is 0 Å². The molecule has 0 spiro atoms. The predicted octanol–water partition coefficient (Wildman–Crippen LogP) is 2.34. The van der Waals surface area contributed by atoms with Gasteiger partial charge in [-0.2, -0.15) is 0 Å². The van der Waals surface area contributed by atoms with E-state index in [9.17, 15) is 9.59 Å². The highest BCUT2D eigenvalue weighted by Gasteiger charge is 2.36. The number of amides is 2. The molecule has 3 aliphatic rings. The summed E-state index contributed by atoms with van der Waals surface area (Å²) in [5.74, 6) is 1.50. The molecule has 0 unspecified atom stereocenters. The second-order valence-corrected chi connectivity index (χ2v) is 8.19. The van der Waals surface area contributed by atoms with E-state index in [2.05, 4.69) is 27.3 Å². The summed E-state index contributed by atoms with van der Waals surface area (Å²) >= 11 is 0. The fourth-order valence-corrected chi connectivity index (χ4v) is 4.14. The molecule has 4 rings (SSSR count). The monoisotopic (exact) mass is 370 g/mol. The van der Waals surface area contributed by atoms with Crippen LogP contribution in [-0.4, -0.2) is 47.9 Å². The molecule has 0 radical (unpaired) electrons. The molecule has 2 amide bonds. The van der Waals surface area contributed by atoms with Gasteiger partial charge in [0.1, 0.15) is 5.82 Å². The molecule has 1 aromatic heterocycles. The van der Waals surface area contributed by atoms with Gasteiger partial charge < -0.3 is 15.1 Å². The molecule has 27 heavy (non-hydrogen) atoms. The molecular formula is C21H30N4O2. The molecule has 1 saturated carbocycles. The molecule has 146 valence electrons. The van der Waals surface area contributed by atoms with Crippen LogP contribution in [0.15, 0.2) is 18.3 Å². The summed E-state index contributed by atoms with van der Waals surface area (Å²) in [6.45, 7) is 4.05. The largest absolute Gasteiger partial charge is 0.357 e. The zero-order valence-corrected chi connectivity index (χ0v) is 16.0. The van der Waals surface area contributed by atoms with Crippen molar-refractivity contribution in [1.29, 1.82) is 0 Å². The number of carbonyl (C=O) groups is 2. The van der Waals surface area contributed by atoms with Gasteiger partial charge >= 0.3 is 0 Å². The third-order valence-corrected chi connectivity index (χ3v) is 5.99. The van der Waals surface area contributed by atoms with E-state index in [-0.39, 0.29) is 23.7 Å². The Labute approximate surface area is 161 Å². The first-order valence-corrected chi connectivity index (χ1v) is 10.5. The summed E-state index contributed by atoms with van der Waals surface area (Å²) in [4.78, 5) is 33.6. The highest BCUT2D eigenvalue weighted by atomic mass is 16.2. The van der Waals surface area contributed by atoms with Gasteiger partial charge in [0, 0.05) is 44.8 Å². The van der Waals surface area contributed by atoms with Crippen LogP contribution in [0.1, 0.15) is 50.5 Å². The van der Waals surface area contributed by atoms with Crippen molar-refractivity contribution in [2.45, 2.75) is 51.5 Å². The van der Waals surface area contributed by atoms with Crippen LogP contribution in [-0.2, 0) is 16.1 Å². The third-order valence-electron chi connectivity index (χ3n) is 5.99. The van der Waals surface area contributed by atoms with Crippen molar-refractivity contribution >= 4 is 17.6 Å². The predicted molar refractivity (Wildman–Crippen MR) is 104 cm³/mol. The SMILES string of the molecule is O=C(NCc1ccc(N2CCCCC2)nc1)[C@@H]1CCCN(C(=O)C2CC2)C1. The van der Waals surface area contributed by atoms with Crippen LogP contribution in [0.25, 0.3) is 0 Å². The molecule has 1 aromatic rings. The lowest BCUT2D eigenvalue weighted by Crippen LogP contribution is -2.45. The maximum absolute atomic E-state index is 12.6. The first kappa shape index (κ1) is 18.3. The van der Waals surface area contributed by atoms with Gasteiger partial charge in [-0.1, -0.05) is 6.07 Å². The summed E-state index contributed by atoms with van der Waals surface area (Å²) in [7, 11) is 0. The highest BCUT2D eigenvalue weighted by molar-refractivity contribution is 5.83. The zero-order valence-electron chi connectivity index (χ0n) is 16.0. The van der Waals surface area contributed by atoms with E-state index in [1.54, 1.807) is 0 Å². The molecule has 6 nitrogen and oxygen atoms in total. The molecule has 0 bridgehead atoms. The van der Waals surface area contributed by atoms with Gasteiger partial charge in [-0.05, 0) is 56.6 Å². The smallest absolute Gasteiger partial charge is 0.225 e. The Morgan fingerprint density at radius 2 is 1.81 bits per heavy atom. The summed E-state index contributed by atoms with van der Waals surface area (Å²) in [5.41, 5.74) is 1.02. The number of aromatic nitrogens is 1. The number of nitrogens with one attached hydrogen (secondary N) is 1. The summed E-state index contributed by atoms with van der Waals surface area (Å²) in [5, 5.41) is 3.04. The number of piperidine rings is 2. The van der Waals surface area contributed by atoms with Crippen LogP contribution in [0.4, 0.5) is 5.82 Å². The van der Waals surface area contributed by atoms with E-state index in [0.29, 0.717) is 13.1 Å². The molecule has 1 aliphatic carbocycles. The van der Waals surface area contributed by atoms with Crippen molar-refractivity contribution in [3.63, 3.8) is 0 Å². The van der Waals surface area contributed by atoms with E-state index >= 15 is 0 Å². The molecule has 6 heteroatoms. The van der Waals surface area contributed by atoms with Gasteiger partial charge in [0.25, 0.3) is 0 Å². The van der Waals surface area contributed by atoms with E-state index < -0.39 is 0 Å². The van der Waals surface area contributed by atoms with Gasteiger partial charge in [-0.3, -0.25) is 9.59 Å². The average molecular weight is 370 g/mol. The van der Waals surface area contributed by atoms with Crippen LogP contribution in [0.5, 0.6) is 0 Å². The number of carbonyl (C=O) groups excluding carboxylic acids is 2. The molecule has 3 heterocycles. The molecule has 0 aromatic carbocycles. The first-order valence-electron chi connectivity index (χ1n) is 10.5. The second-order valence-electron chi connectivity index (χ2n) is 8.19. The van der Waals surface area contributed by atoms with Gasteiger partial charge in [-0.25, -0.2) is 4.98 Å². The molecule has 1 atom stereocenters. The minimum Gasteiger partial charge on any atom is -0.357 e. The Bertz CT molecular complexity index is 665. The molecule has 3 fully saturated rings. The quantitative estimate of drug-likeness (QED) is 0.864. The maximum Gasteiger partial charge on any atom is 0.225 e. The zero-order chi connectivity index (χ0) is 18.6. The molecular weight excluding hydrogens is 340 g/mol.